The van der Waals surface area contributed by atoms with E-state index in [1.807, 2.05) is 0 Å². The van der Waals surface area contributed by atoms with Crippen LogP contribution >= 0.6 is 11.3 Å². The van der Waals surface area contributed by atoms with Crippen LogP contribution in [0.15, 0.2) is 29.6 Å². The fraction of sp³-hybridized carbons (Fsp3) is 0.0909. The van der Waals surface area contributed by atoms with E-state index in [1.54, 1.807) is 0 Å². The molecule has 1 aromatic carbocycles. The van der Waals surface area contributed by atoms with Crippen LogP contribution in [0.2, 0.25) is 0 Å². The first kappa shape index (κ1) is 11.7. The van der Waals surface area contributed by atoms with Crippen molar-refractivity contribution in [2.45, 2.75) is 6.43 Å². The van der Waals surface area contributed by atoms with E-state index < -0.39 is 12.4 Å². The molecule has 0 bridgehead atoms. The summed E-state index contributed by atoms with van der Waals surface area (Å²) in [5, 5.41) is 10.6. The Labute approximate surface area is 99.4 Å². The number of hydrogen-bond donors (Lipinski definition) is 1. The fourth-order valence-corrected chi connectivity index (χ4v) is 2.08. The third kappa shape index (κ3) is 2.47. The molecule has 3 nitrogen and oxygen atoms in total. The number of thiazole rings is 1. The van der Waals surface area contributed by atoms with Gasteiger partial charge in [-0.3, -0.25) is 0 Å². The van der Waals surface area contributed by atoms with Crippen LogP contribution in [0, 0.1) is 0 Å². The molecule has 2 rings (SSSR count). The minimum Gasteiger partial charge on any atom is -0.476 e. The first-order valence-corrected chi connectivity index (χ1v) is 5.53. The Kier molecular flexibility index (Phi) is 3.14. The Morgan fingerprint density at radius 3 is 2.41 bits per heavy atom. The average Bonchev–Trinajstić information content (AvgIpc) is 2.78. The summed E-state index contributed by atoms with van der Waals surface area (Å²) in [5.41, 5.74) is 0.526. The van der Waals surface area contributed by atoms with Crippen molar-refractivity contribution in [1.82, 2.24) is 4.98 Å². The van der Waals surface area contributed by atoms with Gasteiger partial charge in [-0.2, -0.15) is 0 Å². The molecule has 17 heavy (non-hydrogen) atoms. The molecule has 0 aliphatic rings. The van der Waals surface area contributed by atoms with Crippen molar-refractivity contribution >= 4 is 17.3 Å². The summed E-state index contributed by atoms with van der Waals surface area (Å²) in [4.78, 5) is 14.5. The average molecular weight is 255 g/mol. The Balaban J connectivity index is 2.30. The molecule has 0 amide bonds. The lowest BCUT2D eigenvalue weighted by atomic mass is 10.1. The number of halogens is 2. The monoisotopic (exact) mass is 255 g/mol. The van der Waals surface area contributed by atoms with Gasteiger partial charge < -0.3 is 5.11 Å². The highest BCUT2D eigenvalue weighted by Crippen LogP contribution is 2.26. The van der Waals surface area contributed by atoms with Gasteiger partial charge in [0.1, 0.15) is 5.01 Å². The Morgan fingerprint density at radius 2 is 1.94 bits per heavy atom. The molecule has 1 N–H and O–H groups in total. The highest BCUT2D eigenvalue weighted by atomic mass is 32.1. The lowest BCUT2D eigenvalue weighted by molar-refractivity contribution is 0.0691. The van der Waals surface area contributed by atoms with E-state index in [0.717, 1.165) is 0 Å². The predicted octanol–water partition coefficient (Wildman–Crippen LogP) is 3.45. The Hall–Kier alpha value is -1.82. The van der Waals surface area contributed by atoms with E-state index in [-0.39, 0.29) is 11.3 Å². The molecular weight excluding hydrogens is 248 g/mol. The highest BCUT2D eigenvalue weighted by molar-refractivity contribution is 7.13. The summed E-state index contributed by atoms with van der Waals surface area (Å²) in [6, 6.07) is 5.63. The van der Waals surface area contributed by atoms with Crippen molar-refractivity contribution in [3.63, 3.8) is 0 Å². The second-order valence-corrected chi connectivity index (χ2v) is 4.12. The lowest BCUT2D eigenvalue weighted by Crippen LogP contribution is -1.95. The van der Waals surface area contributed by atoms with Crippen LogP contribution in [0.4, 0.5) is 8.78 Å². The van der Waals surface area contributed by atoms with Gasteiger partial charge in [-0.1, -0.05) is 24.3 Å². The van der Waals surface area contributed by atoms with Gasteiger partial charge in [-0.05, 0) is 0 Å². The van der Waals surface area contributed by atoms with Gasteiger partial charge in [0, 0.05) is 16.5 Å². The van der Waals surface area contributed by atoms with E-state index in [2.05, 4.69) is 4.98 Å². The maximum Gasteiger partial charge on any atom is 0.355 e. The first-order chi connectivity index (χ1) is 8.08. The summed E-state index contributed by atoms with van der Waals surface area (Å²) in [6.45, 7) is 0. The first-order valence-electron chi connectivity index (χ1n) is 4.65. The molecule has 0 aliphatic carbocycles. The number of carboxylic acids is 1. The SMILES string of the molecule is O=C(O)c1csc(-c2ccc(C(F)F)cc2)n1. The number of hydrogen-bond acceptors (Lipinski definition) is 3. The minimum absolute atomic E-state index is 0.0389. The second-order valence-electron chi connectivity index (χ2n) is 3.27. The highest BCUT2D eigenvalue weighted by Gasteiger charge is 2.11. The Morgan fingerprint density at radius 1 is 1.29 bits per heavy atom. The minimum atomic E-state index is -2.50. The smallest absolute Gasteiger partial charge is 0.355 e. The molecule has 0 atom stereocenters. The van der Waals surface area contributed by atoms with Gasteiger partial charge in [0.15, 0.2) is 5.69 Å². The zero-order valence-corrected chi connectivity index (χ0v) is 9.25. The zero-order chi connectivity index (χ0) is 12.4. The summed E-state index contributed by atoms with van der Waals surface area (Å²) in [5.74, 6) is -1.10. The molecule has 6 heteroatoms. The molecule has 0 radical (unpaired) electrons. The van der Waals surface area contributed by atoms with Gasteiger partial charge in [0.05, 0.1) is 0 Å². The van der Waals surface area contributed by atoms with Crippen molar-refractivity contribution < 1.29 is 18.7 Å². The van der Waals surface area contributed by atoms with Gasteiger partial charge >= 0.3 is 5.97 Å². The number of nitrogens with zero attached hydrogens (tertiary/aromatic N) is 1. The summed E-state index contributed by atoms with van der Waals surface area (Å²) >= 11 is 1.17. The summed E-state index contributed by atoms with van der Waals surface area (Å²) in [6.07, 6.45) is -2.50. The lowest BCUT2D eigenvalue weighted by Gasteiger charge is -2.00. The molecule has 0 unspecified atom stereocenters. The van der Waals surface area contributed by atoms with Crippen molar-refractivity contribution in [1.29, 1.82) is 0 Å². The van der Waals surface area contributed by atoms with Crippen LogP contribution in [0.3, 0.4) is 0 Å². The molecule has 0 fully saturated rings. The topological polar surface area (TPSA) is 50.2 Å². The van der Waals surface area contributed by atoms with Gasteiger partial charge in [-0.25, -0.2) is 18.6 Å². The summed E-state index contributed by atoms with van der Waals surface area (Å²) < 4.78 is 24.6. The van der Waals surface area contributed by atoms with E-state index in [1.165, 1.54) is 41.0 Å². The van der Waals surface area contributed by atoms with Crippen LogP contribution in [-0.4, -0.2) is 16.1 Å². The molecule has 88 valence electrons. The number of carbonyl (C=O) groups is 1. The third-order valence-electron chi connectivity index (χ3n) is 2.13. The van der Waals surface area contributed by atoms with E-state index in [9.17, 15) is 13.6 Å². The number of aromatic carboxylic acids is 1. The van der Waals surface area contributed by atoms with Crippen LogP contribution in [0.5, 0.6) is 0 Å². The Bertz CT molecular complexity index is 537. The molecule has 0 saturated heterocycles. The zero-order valence-electron chi connectivity index (χ0n) is 8.43. The van der Waals surface area contributed by atoms with E-state index >= 15 is 0 Å². The standard InChI is InChI=1S/C11H7F2NO2S/c12-9(13)6-1-3-7(4-2-6)10-14-8(5-17-10)11(15)16/h1-5,9H,(H,15,16). The molecule has 2 aromatic rings. The van der Waals surface area contributed by atoms with Gasteiger partial charge in [-0.15, -0.1) is 11.3 Å². The molecule has 0 aliphatic heterocycles. The molecule has 1 aromatic heterocycles. The van der Waals surface area contributed by atoms with E-state index in [0.29, 0.717) is 10.6 Å². The predicted molar refractivity (Wildman–Crippen MR) is 59.5 cm³/mol. The van der Waals surface area contributed by atoms with Crippen molar-refractivity contribution in [3.8, 4) is 10.6 Å². The number of carboxylic acid groups (broad SMARTS) is 1. The van der Waals surface area contributed by atoms with Gasteiger partial charge in [0.25, 0.3) is 6.43 Å². The molecule has 0 saturated carbocycles. The number of alkyl halides is 2. The largest absolute Gasteiger partial charge is 0.476 e. The number of rotatable bonds is 3. The van der Waals surface area contributed by atoms with Crippen LogP contribution in [-0.2, 0) is 0 Å². The van der Waals surface area contributed by atoms with Crippen LogP contribution in [0.25, 0.3) is 10.6 Å². The normalized spacial score (nSPS) is 10.8. The quantitative estimate of drug-likeness (QED) is 0.913. The molecule has 1 heterocycles. The van der Waals surface area contributed by atoms with Crippen LogP contribution < -0.4 is 0 Å². The maximum absolute atomic E-state index is 12.3. The van der Waals surface area contributed by atoms with Crippen molar-refractivity contribution in [3.05, 3.63) is 40.9 Å². The third-order valence-corrected chi connectivity index (χ3v) is 3.02. The van der Waals surface area contributed by atoms with Crippen molar-refractivity contribution in [2.75, 3.05) is 0 Å². The molecular formula is C11H7F2NO2S. The summed E-state index contributed by atoms with van der Waals surface area (Å²) in [7, 11) is 0. The number of benzene rings is 1. The number of aromatic nitrogens is 1. The van der Waals surface area contributed by atoms with Gasteiger partial charge in [0.2, 0.25) is 0 Å². The second kappa shape index (κ2) is 4.58. The maximum atomic E-state index is 12.3. The van der Waals surface area contributed by atoms with E-state index in [4.69, 9.17) is 5.11 Å². The fourth-order valence-electron chi connectivity index (χ4n) is 1.28. The van der Waals surface area contributed by atoms with Crippen LogP contribution in [0.1, 0.15) is 22.5 Å². The molecule has 0 spiro atoms. The van der Waals surface area contributed by atoms with Crippen molar-refractivity contribution in [2.24, 2.45) is 0 Å².